The van der Waals surface area contributed by atoms with Gasteiger partial charge in [-0.25, -0.2) is 14.4 Å². The fourth-order valence-corrected chi connectivity index (χ4v) is 5.18. The highest BCUT2D eigenvalue weighted by atomic mass is 32.2. The lowest BCUT2D eigenvalue weighted by molar-refractivity contribution is -0.138. The van der Waals surface area contributed by atoms with E-state index in [-0.39, 0.29) is 5.12 Å². The Hall–Kier alpha value is -5.75. The molecule has 280 valence electrons. The van der Waals surface area contributed by atoms with E-state index in [9.17, 15) is 19.2 Å². The van der Waals surface area contributed by atoms with Crippen molar-refractivity contribution >= 4 is 46.9 Å². The summed E-state index contributed by atoms with van der Waals surface area (Å²) in [5.74, 6) is 1.02. The largest absolute Gasteiger partial charge is 0.493 e. The van der Waals surface area contributed by atoms with Gasteiger partial charge in [-0.1, -0.05) is 31.4 Å². The summed E-state index contributed by atoms with van der Waals surface area (Å²) in [5.41, 5.74) is 2.23. The SMILES string of the molecule is C=CC(=O)OCCCCOc1ccc(C=CC(=O)Oc2ccc(SC(=O)C=Cc3ccc(OCCCCOC(=O)C=C)c(OC)c3)c(C)c2)cc1OC. The molecule has 0 aromatic heterocycles. The van der Waals surface area contributed by atoms with E-state index in [2.05, 4.69) is 13.2 Å². The predicted octanol–water partition coefficient (Wildman–Crippen LogP) is 7.74. The van der Waals surface area contributed by atoms with Crippen molar-refractivity contribution in [3.63, 3.8) is 0 Å². The van der Waals surface area contributed by atoms with Crippen LogP contribution in [-0.2, 0) is 28.7 Å². The molecule has 0 atom stereocenters. The van der Waals surface area contributed by atoms with Crippen molar-refractivity contribution in [1.82, 2.24) is 0 Å². The minimum absolute atomic E-state index is 0.185. The molecule has 0 bridgehead atoms. The molecule has 0 aliphatic carbocycles. The molecule has 0 spiro atoms. The van der Waals surface area contributed by atoms with Gasteiger partial charge in [0.15, 0.2) is 23.0 Å². The highest BCUT2D eigenvalue weighted by molar-refractivity contribution is 8.14. The van der Waals surface area contributed by atoms with Crippen LogP contribution in [0.5, 0.6) is 28.7 Å². The zero-order valence-corrected chi connectivity index (χ0v) is 30.9. The second kappa shape index (κ2) is 22.9. The third-order valence-electron chi connectivity index (χ3n) is 7.19. The molecular weight excluding hydrogens is 701 g/mol. The van der Waals surface area contributed by atoms with Gasteiger partial charge in [0.2, 0.25) is 5.12 Å². The average molecular weight is 745 g/mol. The van der Waals surface area contributed by atoms with E-state index in [1.807, 2.05) is 13.0 Å². The van der Waals surface area contributed by atoms with Gasteiger partial charge in [0.1, 0.15) is 5.75 Å². The molecule has 0 saturated heterocycles. The maximum absolute atomic E-state index is 12.8. The zero-order valence-electron chi connectivity index (χ0n) is 30.1. The van der Waals surface area contributed by atoms with Crippen LogP contribution in [0.4, 0.5) is 0 Å². The molecular formula is C41H44O11S. The normalized spacial score (nSPS) is 10.8. The number of ether oxygens (including phenoxy) is 7. The Kier molecular flexibility index (Phi) is 18.0. The lowest BCUT2D eigenvalue weighted by Crippen LogP contribution is -2.05. The molecule has 3 rings (SSSR count). The average Bonchev–Trinajstić information content (AvgIpc) is 3.16. The Labute approximate surface area is 314 Å². The monoisotopic (exact) mass is 744 g/mol. The van der Waals surface area contributed by atoms with Gasteiger partial charge in [-0.05, 0) is 116 Å². The van der Waals surface area contributed by atoms with Gasteiger partial charge in [-0.2, -0.15) is 0 Å². The number of unbranched alkanes of at least 4 members (excludes halogenated alkanes) is 2. The number of carbonyl (C=O) groups is 4. The Morgan fingerprint density at radius 2 is 1.13 bits per heavy atom. The van der Waals surface area contributed by atoms with Crippen molar-refractivity contribution in [3.05, 3.63) is 109 Å². The van der Waals surface area contributed by atoms with Gasteiger partial charge in [0, 0.05) is 23.1 Å². The van der Waals surface area contributed by atoms with Gasteiger partial charge in [0.25, 0.3) is 0 Å². The molecule has 0 aliphatic rings. The number of carbonyl (C=O) groups excluding carboxylic acids is 4. The van der Waals surface area contributed by atoms with Crippen LogP contribution >= 0.6 is 11.8 Å². The van der Waals surface area contributed by atoms with E-state index in [1.54, 1.807) is 67.8 Å². The van der Waals surface area contributed by atoms with Crippen molar-refractivity contribution in [3.8, 4) is 28.7 Å². The summed E-state index contributed by atoms with van der Waals surface area (Å²) in [5, 5.41) is -0.185. The number of aryl methyl sites for hydroxylation is 1. The first-order valence-corrected chi connectivity index (χ1v) is 17.6. The predicted molar refractivity (Wildman–Crippen MR) is 204 cm³/mol. The number of hydrogen-bond donors (Lipinski definition) is 0. The second-order valence-electron chi connectivity index (χ2n) is 11.1. The van der Waals surface area contributed by atoms with E-state index < -0.39 is 17.9 Å². The van der Waals surface area contributed by atoms with Crippen LogP contribution in [0.15, 0.2) is 97.0 Å². The molecule has 3 aromatic carbocycles. The van der Waals surface area contributed by atoms with Crippen LogP contribution < -0.4 is 23.7 Å². The summed E-state index contributed by atoms with van der Waals surface area (Å²) in [7, 11) is 3.07. The van der Waals surface area contributed by atoms with Crippen LogP contribution in [0.25, 0.3) is 12.2 Å². The molecule has 3 aromatic rings. The molecule has 0 amide bonds. The van der Waals surface area contributed by atoms with Crippen molar-refractivity contribution in [2.45, 2.75) is 37.5 Å². The van der Waals surface area contributed by atoms with Gasteiger partial charge in [-0.15, -0.1) is 0 Å². The molecule has 0 heterocycles. The Morgan fingerprint density at radius 3 is 1.62 bits per heavy atom. The maximum Gasteiger partial charge on any atom is 0.336 e. The summed E-state index contributed by atoms with van der Waals surface area (Å²) in [4.78, 5) is 48.3. The van der Waals surface area contributed by atoms with Crippen molar-refractivity contribution in [2.24, 2.45) is 0 Å². The topological polar surface area (TPSA) is 133 Å². The number of benzene rings is 3. The minimum atomic E-state index is -0.571. The molecule has 53 heavy (non-hydrogen) atoms. The second-order valence-corrected chi connectivity index (χ2v) is 12.2. The molecule has 0 aliphatic heterocycles. The third kappa shape index (κ3) is 15.2. The first-order chi connectivity index (χ1) is 25.6. The molecule has 0 N–H and O–H groups in total. The molecule has 0 saturated carbocycles. The smallest absolute Gasteiger partial charge is 0.336 e. The number of rotatable bonds is 22. The molecule has 12 heteroatoms. The summed E-state index contributed by atoms with van der Waals surface area (Å²) < 4.78 is 37.9. The molecule has 0 fully saturated rings. The fraction of sp³-hybridized carbons (Fsp3) is 0.268. The highest BCUT2D eigenvalue weighted by Gasteiger charge is 2.10. The molecule has 0 radical (unpaired) electrons. The standard InChI is InChI=1S/C41H44O11S/c1-6-38(42)50-24-10-8-22-48-33-17-12-30(27-35(33)46-4)14-20-40(44)52-32-16-19-37(29(3)26-32)53-41(45)21-15-31-13-18-34(36(28-31)47-5)49-23-9-11-25-51-39(43)7-2/h6-7,12-21,26-28H,1-2,8-11,22-25H2,3-5H3. The zero-order chi connectivity index (χ0) is 38.4. The first kappa shape index (κ1) is 41.7. The van der Waals surface area contributed by atoms with Gasteiger partial charge in [-0.3, -0.25) is 4.79 Å². The fourth-order valence-electron chi connectivity index (χ4n) is 4.47. The highest BCUT2D eigenvalue weighted by Crippen LogP contribution is 2.31. The van der Waals surface area contributed by atoms with E-state index in [0.717, 1.165) is 39.9 Å². The van der Waals surface area contributed by atoms with E-state index in [1.165, 1.54) is 19.3 Å². The van der Waals surface area contributed by atoms with Crippen LogP contribution in [0.1, 0.15) is 42.4 Å². The van der Waals surface area contributed by atoms with Crippen LogP contribution in [0, 0.1) is 6.92 Å². The minimum Gasteiger partial charge on any atom is -0.493 e. The van der Waals surface area contributed by atoms with E-state index >= 15 is 0 Å². The molecule has 11 nitrogen and oxygen atoms in total. The number of hydrogen-bond acceptors (Lipinski definition) is 12. The Bertz CT molecular complexity index is 1790. The van der Waals surface area contributed by atoms with Crippen LogP contribution in [-0.4, -0.2) is 63.7 Å². The summed E-state index contributed by atoms with van der Waals surface area (Å²) >= 11 is 1.06. The van der Waals surface area contributed by atoms with Crippen LogP contribution in [0.2, 0.25) is 0 Å². The van der Waals surface area contributed by atoms with Crippen molar-refractivity contribution in [1.29, 1.82) is 0 Å². The van der Waals surface area contributed by atoms with Gasteiger partial charge >= 0.3 is 17.9 Å². The van der Waals surface area contributed by atoms with Gasteiger partial charge < -0.3 is 33.2 Å². The summed E-state index contributed by atoms with van der Waals surface area (Å²) in [6, 6.07) is 15.7. The van der Waals surface area contributed by atoms with Crippen molar-refractivity contribution < 1.29 is 52.3 Å². The van der Waals surface area contributed by atoms with E-state index in [4.69, 9.17) is 33.2 Å². The Balaban J connectivity index is 1.47. The number of thioether (sulfide) groups is 1. The number of esters is 3. The quantitative estimate of drug-likeness (QED) is 0.0328. The maximum atomic E-state index is 12.8. The summed E-state index contributed by atoms with van der Waals surface area (Å²) in [6.07, 6.45) is 11.0. The third-order valence-corrected chi connectivity index (χ3v) is 8.20. The Morgan fingerprint density at radius 1 is 0.623 bits per heavy atom. The number of methoxy groups -OCH3 is 2. The van der Waals surface area contributed by atoms with Crippen LogP contribution in [0.3, 0.4) is 0 Å². The van der Waals surface area contributed by atoms with Crippen molar-refractivity contribution in [2.75, 3.05) is 40.6 Å². The lowest BCUT2D eigenvalue weighted by atomic mass is 10.2. The summed E-state index contributed by atoms with van der Waals surface area (Å²) in [6.45, 7) is 9.97. The lowest BCUT2D eigenvalue weighted by Gasteiger charge is -2.11. The van der Waals surface area contributed by atoms with Gasteiger partial charge in [0.05, 0.1) is 40.6 Å². The van der Waals surface area contributed by atoms with E-state index in [0.29, 0.717) is 86.4 Å². The molecule has 0 unspecified atom stereocenters. The first-order valence-electron chi connectivity index (χ1n) is 16.8.